The zero-order valence-corrected chi connectivity index (χ0v) is 10.8. The van der Waals surface area contributed by atoms with E-state index in [1.54, 1.807) is 12.4 Å². The van der Waals surface area contributed by atoms with E-state index < -0.39 is 11.5 Å². The zero-order valence-electron chi connectivity index (χ0n) is 10.8. The maximum atomic E-state index is 11.7. The highest BCUT2D eigenvalue weighted by Gasteiger charge is 2.38. The average molecular weight is 248 g/mol. The number of pyridine rings is 1. The SMILES string of the molecule is Cc1cnccc1NC1(C(=O)O)CCCCCC1. The van der Waals surface area contributed by atoms with Crippen LogP contribution in [0.25, 0.3) is 0 Å². The molecule has 0 spiro atoms. The van der Waals surface area contributed by atoms with Gasteiger partial charge in [0.2, 0.25) is 0 Å². The van der Waals surface area contributed by atoms with E-state index in [1.807, 2.05) is 13.0 Å². The van der Waals surface area contributed by atoms with E-state index in [1.165, 1.54) is 0 Å². The molecule has 2 N–H and O–H groups in total. The molecule has 0 aromatic carbocycles. The van der Waals surface area contributed by atoms with Gasteiger partial charge in [0, 0.05) is 18.1 Å². The first kappa shape index (κ1) is 12.9. The average Bonchev–Trinajstić information content (AvgIpc) is 2.59. The summed E-state index contributed by atoms with van der Waals surface area (Å²) in [5, 5.41) is 12.9. The van der Waals surface area contributed by atoms with Gasteiger partial charge in [0.05, 0.1) is 0 Å². The van der Waals surface area contributed by atoms with Crippen molar-refractivity contribution in [3.05, 3.63) is 24.0 Å². The molecule has 1 aliphatic carbocycles. The summed E-state index contributed by atoms with van der Waals surface area (Å²) < 4.78 is 0. The quantitative estimate of drug-likeness (QED) is 0.807. The van der Waals surface area contributed by atoms with Crippen LogP contribution in [-0.4, -0.2) is 21.6 Å². The van der Waals surface area contributed by atoms with Crippen molar-refractivity contribution in [3.63, 3.8) is 0 Å². The molecule has 1 saturated carbocycles. The molecule has 2 rings (SSSR count). The lowest BCUT2D eigenvalue weighted by Crippen LogP contribution is -2.46. The van der Waals surface area contributed by atoms with Crippen molar-refractivity contribution < 1.29 is 9.90 Å². The van der Waals surface area contributed by atoms with Crippen LogP contribution in [0.2, 0.25) is 0 Å². The highest BCUT2D eigenvalue weighted by atomic mass is 16.4. The summed E-state index contributed by atoms with van der Waals surface area (Å²) in [4.78, 5) is 15.7. The normalized spacial score (nSPS) is 18.9. The van der Waals surface area contributed by atoms with Gasteiger partial charge in [-0.25, -0.2) is 4.79 Å². The molecule has 1 fully saturated rings. The molecule has 4 heteroatoms. The topological polar surface area (TPSA) is 62.2 Å². The van der Waals surface area contributed by atoms with Gasteiger partial charge in [0.15, 0.2) is 0 Å². The number of aromatic nitrogens is 1. The van der Waals surface area contributed by atoms with Crippen LogP contribution in [0.4, 0.5) is 5.69 Å². The minimum absolute atomic E-state index is 0.699. The highest BCUT2D eigenvalue weighted by molar-refractivity contribution is 5.83. The second-order valence-electron chi connectivity index (χ2n) is 5.12. The van der Waals surface area contributed by atoms with Gasteiger partial charge in [-0.1, -0.05) is 25.7 Å². The van der Waals surface area contributed by atoms with Crippen LogP contribution in [-0.2, 0) is 4.79 Å². The van der Waals surface area contributed by atoms with Gasteiger partial charge < -0.3 is 10.4 Å². The van der Waals surface area contributed by atoms with E-state index in [-0.39, 0.29) is 0 Å². The van der Waals surface area contributed by atoms with Crippen LogP contribution >= 0.6 is 0 Å². The Hall–Kier alpha value is -1.58. The molecule has 18 heavy (non-hydrogen) atoms. The molecule has 0 amide bonds. The Labute approximate surface area is 107 Å². The fourth-order valence-corrected chi connectivity index (χ4v) is 2.60. The predicted octanol–water partition coefficient (Wildman–Crippen LogP) is 2.98. The van der Waals surface area contributed by atoms with Gasteiger partial charge in [-0.3, -0.25) is 4.98 Å². The molecule has 0 aliphatic heterocycles. The Morgan fingerprint density at radius 3 is 2.56 bits per heavy atom. The fourth-order valence-electron chi connectivity index (χ4n) is 2.60. The number of nitrogens with one attached hydrogen (secondary N) is 1. The molecule has 0 radical (unpaired) electrons. The first-order chi connectivity index (χ1) is 8.64. The summed E-state index contributed by atoms with van der Waals surface area (Å²) >= 11 is 0. The molecule has 0 atom stereocenters. The predicted molar refractivity (Wildman–Crippen MR) is 70.7 cm³/mol. The molecule has 1 aliphatic rings. The summed E-state index contributed by atoms with van der Waals surface area (Å²) in [5.41, 5.74) is 1.07. The van der Waals surface area contributed by atoms with E-state index in [0.717, 1.165) is 36.9 Å². The van der Waals surface area contributed by atoms with E-state index in [0.29, 0.717) is 12.8 Å². The Balaban J connectivity index is 2.25. The van der Waals surface area contributed by atoms with E-state index in [4.69, 9.17) is 0 Å². The minimum atomic E-state index is -0.803. The molecule has 0 unspecified atom stereocenters. The number of hydrogen-bond donors (Lipinski definition) is 2. The summed E-state index contributed by atoms with van der Waals surface area (Å²) in [5.74, 6) is -0.736. The maximum absolute atomic E-state index is 11.7. The number of aryl methyl sites for hydroxylation is 1. The van der Waals surface area contributed by atoms with Gasteiger partial charge >= 0.3 is 5.97 Å². The monoisotopic (exact) mass is 248 g/mol. The van der Waals surface area contributed by atoms with Crippen molar-refractivity contribution >= 4 is 11.7 Å². The van der Waals surface area contributed by atoms with Crippen LogP contribution in [0, 0.1) is 6.92 Å². The van der Waals surface area contributed by atoms with Crippen LogP contribution in [0.3, 0.4) is 0 Å². The molecular weight excluding hydrogens is 228 g/mol. The second kappa shape index (κ2) is 5.38. The van der Waals surface area contributed by atoms with E-state index in [2.05, 4.69) is 10.3 Å². The summed E-state index contributed by atoms with van der Waals surface area (Å²) in [7, 11) is 0. The number of carboxylic acids is 1. The lowest BCUT2D eigenvalue weighted by Gasteiger charge is -2.31. The van der Waals surface area contributed by atoms with Crippen LogP contribution in [0.5, 0.6) is 0 Å². The number of hydrogen-bond acceptors (Lipinski definition) is 3. The van der Waals surface area contributed by atoms with Crippen molar-refractivity contribution in [2.24, 2.45) is 0 Å². The van der Waals surface area contributed by atoms with Crippen molar-refractivity contribution in [2.75, 3.05) is 5.32 Å². The van der Waals surface area contributed by atoms with Gasteiger partial charge in [-0.15, -0.1) is 0 Å². The van der Waals surface area contributed by atoms with E-state index >= 15 is 0 Å². The molecule has 0 bridgehead atoms. The molecule has 1 heterocycles. The van der Waals surface area contributed by atoms with Gasteiger partial charge in [0.25, 0.3) is 0 Å². The third kappa shape index (κ3) is 2.63. The third-order valence-corrected chi connectivity index (χ3v) is 3.76. The third-order valence-electron chi connectivity index (χ3n) is 3.76. The summed E-state index contributed by atoms with van der Waals surface area (Å²) in [6, 6.07) is 1.85. The number of nitrogens with zero attached hydrogens (tertiary/aromatic N) is 1. The second-order valence-corrected chi connectivity index (χ2v) is 5.12. The maximum Gasteiger partial charge on any atom is 0.329 e. The van der Waals surface area contributed by atoms with Crippen LogP contribution < -0.4 is 5.32 Å². The first-order valence-electron chi connectivity index (χ1n) is 6.56. The molecule has 0 saturated heterocycles. The van der Waals surface area contributed by atoms with Crippen molar-refractivity contribution in [2.45, 2.75) is 51.0 Å². The van der Waals surface area contributed by atoms with Gasteiger partial charge in [0.1, 0.15) is 5.54 Å². The van der Waals surface area contributed by atoms with Crippen molar-refractivity contribution in [3.8, 4) is 0 Å². The summed E-state index contributed by atoms with van der Waals surface area (Å²) in [6.45, 7) is 1.95. The molecule has 4 nitrogen and oxygen atoms in total. The largest absolute Gasteiger partial charge is 0.480 e. The zero-order chi connectivity index (χ0) is 13.0. The lowest BCUT2D eigenvalue weighted by molar-refractivity contribution is -0.142. The molecular formula is C14H20N2O2. The molecule has 1 aromatic rings. The van der Waals surface area contributed by atoms with Crippen molar-refractivity contribution in [1.82, 2.24) is 4.98 Å². The number of carbonyl (C=O) groups is 1. The molecule has 1 aromatic heterocycles. The number of carboxylic acid groups (broad SMARTS) is 1. The Morgan fingerprint density at radius 2 is 2.00 bits per heavy atom. The molecule has 98 valence electrons. The van der Waals surface area contributed by atoms with E-state index in [9.17, 15) is 9.90 Å². The Kier molecular flexibility index (Phi) is 3.84. The fraction of sp³-hybridized carbons (Fsp3) is 0.571. The van der Waals surface area contributed by atoms with Crippen LogP contribution in [0.1, 0.15) is 44.1 Å². The number of rotatable bonds is 3. The Morgan fingerprint density at radius 1 is 1.33 bits per heavy atom. The lowest BCUT2D eigenvalue weighted by atomic mass is 9.89. The highest BCUT2D eigenvalue weighted by Crippen LogP contribution is 2.31. The van der Waals surface area contributed by atoms with Gasteiger partial charge in [-0.2, -0.15) is 0 Å². The van der Waals surface area contributed by atoms with Crippen LogP contribution in [0.15, 0.2) is 18.5 Å². The smallest absolute Gasteiger partial charge is 0.329 e. The standard InChI is InChI=1S/C14H20N2O2/c1-11-10-15-9-6-12(11)16-14(13(17)18)7-4-2-3-5-8-14/h6,9-10H,2-5,7-8H2,1H3,(H,15,16)(H,17,18). The Bertz CT molecular complexity index is 424. The van der Waals surface area contributed by atoms with Crippen molar-refractivity contribution in [1.29, 1.82) is 0 Å². The van der Waals surface area contributed by atoms with Gasteiger partial charge in [-0.05, 0) is 31.4 Å². The minimum Gasteiger partial charge on any atom is -0.480 e. The first-order valence-corrected chi connectivity index (χ1v) is 6.56. The number of anilines is 1. The summed E-state index contributed by atoms with van der Waals surface area (Å²) in [6.07, 6.45) is 9.06. The number of aliphatic carboxylic acids is 1.